The van der Waals surface area contributed by atoms with E-state index in [1.54, 1.807) is 16.7 Å². The van der Waals surface area contributed by atoms with E-state index in [2.05, 4.69) is 0 Å². The molecule has 114 valence electrons. The fourth-order valence-electron chi connectivity index (χ4n) is 3.03. The van der Waals surface area contributed by atoms with Crippen molar-refractivity contribution >= 4 is 12.0 Å². The average molecular weight is 284 g/mol. The average Bonchev–Trinajstić information content (AvgIpc) is 2.83. The van der Waals surface area contributed by atoms with Crippen LogP contribution in [0.4, 0.5) is 4.79 Å². The van der Waals surface area contributed by atoms with Crippen molar-refractivity contribution in [3.05, 3.63) is 0 Å². The molecule has 0 aromatic heterocycles. The summed E-state index contributed by atoms with van der Waals surface area (Å²) in [6, 6.07) is -0.0860. The monoisotopic (exact) mass is 284 g/mol. The molecule has 1 atom stereocenters. The van der Waals surface area contributed by atoms with Gasteiger partial charge in [0.05, 0.1) is 11.0 Å². The maximum absolute atomic E-state index is 12.4. The molecule has 6 nitrogen and oxygen atoms in total. The maximum atomic E-state index is 12.4. The van der Waals surface area contributed by atoms with Crippen LogP contribution in [0.1, 0.15) is 39.5 Å². The number of hydrogen-bond donors (Lipinski definition) is 2. The molecule has 0 aromatic carbocycles. The predicted molar refractivity (Wildman–Crippen MR) is 73.4 cm³/mol. The van der Waals surface area contributed by atoms with Crippen LogP contribution in [0, 0.1) is 5.41 Å². The SMILES string of the molecule is CCC1(C(=O)O)CCN(C(=O)N2CCC(C)(O)CC2)C1. The van der Waals surface area contributed by atoms with Gasteiger partial charge in [0.1, 0.15) is 0 Å². The second-order valence-corrected chi connectivity index (χ2v) is 6.38. The van der Waals surface area contributed by atoms with Gasteiger partial charge in [-0.1, -0.05) is 6.92 Å². The Balaban J connectivity index is 1.97. The first kappa shape index (κ1) is 15.1. The summed E-state index contributed by atoms with van der Waals surface area (Å²) >= 11 is 0. The van der Waals surface area contributed by atoms with Crippen molar-refractivity contribution in [1.29, 1.82) is 0 Å². The predicted octanol–water partition coefficient (Wildman–Crippen LogP) is 1.14. The third kappa shape index (κ3) is 2.75. The number of carbonyl (C=O) groups excluding carboxylic acids is 1. The van der Waals surface area contributed by atoms with Crippen molar-refractivity contribution in [1.82, 2.24) is 9.80 Å². The quantitative estimate of drug-likeness (QED) is 0.797. The fourth-order valence-corrected chi connectivity index (χ4v) is 3.03. The van der Waals surface area contributed by atoms with E-state index in [1.807, 2.05) is 6.92 Å². The molecule has 0 saturated carbocycles. The highest BCUT2D eigenvalue weighted by atomic mass is 16.4. The highest BCUT2D eigenvalue weighted by molar-refractivity contribution is 5.79. The molecule has 0 spiro atoms. The van der Waals surface area contributed by atoms with Crippen LogP contribution in [0.5, 0.6) is 0 Å². The van der Waals surface area contributed by atoms with E-state index < -0.39 is 17.0 Å². The van der Waals surface area contributed by atoms with Crippen LogP contribution in [0.25, 0.3) is 0 Å². The van der Waals surface area contributed by atoms with Gasteiger partial charge in [0, 0.05) is 26.2 Å². The van der Waals surface area contributed by atoms with Gasteiger partial charge >= 0.3 is 12.0 Å². The summed E-state index contributed by atoms with van der Waals surface area (Å²) < 4.78 is 0. The molecule has 0 radical (unpaired) electrons. The summed E-state index contributed by atoms with van der Waals surface area (Å²) in [6.45, 7) is 5.52. The van der Waals surface area contributed by atoms with Gasteiger partial charge in [-0.15, -0.1) is 0 Å². The van der Waals surface area contributed by atoms with Gasteiger partial charge in [-0.05, 0) is 32.6 Å². The summed E-state index contributed by atoms with van der Waals surface area (Å²) in [5.41, 5.74) is -1.47. The molecule has 1 unspecified atom stereocenters. The van der Waals surface area contributed by atoms with Crippen molar-refractivity contribution in [2.24, 2.45) is 5.41 Å². The lowest BCUT2D eigenvalue weighted by Gasteiger charge is -2.37. The number of piperidine rings is 1. The lowest BCUT2D eigenvalue weighted by Crippen LogP contribution is -2.50. The van der Waals surface area contributed by atoms with E-state index in [1.165, 1.54) is 0 Å². The number of carboxylic acids is 1. The number of amides is 2. The summed E-state index contributed by atoms with van der Waals surface area (Å²) in [5.74, 6) is -0.808. The Labute approximate surface area is 119 Å². The van der Waals surface area contributed by atoms with Crippen LogP contribution >= 0.6 is 0 Å². The number of hydrogen-bond acceptors (Lipinski definition) is 3. The molecule has 2 aliphatic rings. The van der Waals surface area contributed by atoms with Crippen LogP contribution in [0.2, 0.25) is 0 Å². The number of urea groups is 1. The molecule has 2 heterocycles. The first-order valence-electron chi connectivity index (χ1n) is 7.29. The molecule has 20 heavy (non-hydrogen) atoms. The summed E-state index contributed by atoms with van der Waals surface area (Å²) in [6.07, 6.45) is 2.21. The van der Waals surface area contributed by atoms with Crippen LogP contribution in [0.3, 0.4) is 0 Å². The van der Waals surface area contributed by atoms with E-state index >= 15 is 0 Å². The van der Waals surface area contributed by atoms with Gasteiger partial charge in [0.2, 0.25) is 0 Å². The minimum Gasteiger partial charge on any atom is -0.481 e. The second kappa shape index (κ2) is 5.24. The number of aliphatic carboxylic acids is 1. The zero-order chi connectivity index (χ0) is 15.0. The molecule has 2 rings (SSSR count). The highest BCUT2D eigenvalue weighted by Crippen LogP contribution is 2.35. The van der Waals surface area contributed by atoms with E-state index in [4.69, 9.17) is 0 Å². The third-order valence-corrected chi connectivity index (χ3v) is 4.87. The minimum atomic E-state index is -0.808. The molecule has 2 aliphatic heterocycles. The Bertz CT molecular complexity index is 400. The molecule has 2 saturated heterocycles. The van der Waals surface area contributed by atoms with Gasteiger partial charge in [0.15, 0.2) is 0 Å². The minimum absolute atomic E-state index is 0.0860. The molecule has 0 aliphatic carbocycles. The topological polar surface area (TPSA) is 81.1 Å². The van der Waals surface area contributed by atoms with E-state index in [9.17, 15) is 19.8 Å². The summed E-state index contributed by atoms with van der Waals surface area (Å²) in [4.78, 5) is 27.2. The molecular formula is C14H24N2O4. The van der Waals surface area contributed by atoms with Gasteiger partial charge in [0.25, 0.3) is 0 Å². The first-order chi connectivity index (χ1) is 9.30. The van der Waals surface area contributed by atoms with Crippen molar-refractivity contribution in [3.8, 4) is 0 Å². The standard InChI is InChI=1S/C14H24N2O4/c1-3-14(11(17)18)6-9-16(10-14)12(19)15-7-4-13(2,20)5-8-15/h20H,3-10H2,1-2H3,(H,17,18). The number of aliphatic hydroxyl groups is 1. The van der Waals surface area contributed by atoms with Crippen LogP contribution < -0.4 is 0 Å². The molecule has 0 aromatic rings. The highest BCUT2D eigenvalue weighted by Gasteiger charge is 2.46. The molecule has 0 bridgehead atoms. The lowest BCUT2D eigenvalue weighted by atomic mass is 9.84. The molecule has 6 heteroatoms. The lowest BCUT2D eigenvalue weighted by molar-refractivity contribution is -0.148. The Morgan fingerprint density at radius 1 is 1.10 bits per heavy atom. The van der Waals surface area contributed by atoms with Crippen LogP contribution in [-0.4, -0.2) is 63.8 Å². The number of carbonyl (C=O) groups is 2. The van der Waals surface area contributed by atoms with Crippen molar-refractivity contribution < 1.29 is 19.8 Å². The Morgan fingerprint density at radius 2 is 1.65 bits per heavy atom. The van der Waals surface area contributed by atoms with Crippen LogP contribution in [0.15, 0.2) is 0 Å². The van der Waals surface area contributed by atoms with E-state index in [0.29, 0.717) is 51.9 Å². The summed E-state index contributed by atoms with van der Waals surface area (Å²) in [7, 11) is 0. The summed E-state index contributed by atoms with van der Waals surface area (Å²) in [5, 5.41) is 19.3. The number of rotatable bonds is 2. The van der Waals surface area contributed by atoms with Gasteiger partial charge in [-0.2, -0.15) is 0 Å². The van der Waals surface area contributed by atoms with Crippen molar-refractivity contribution in [2.45, 2.75) is 45.1 Å². The largest absolute Gasteiger partial charge is 0.481 e. The van der Waals surface area contributed by atoms with Crippen molar-refractivity contribution in [3.63, 3.8) is 0 Å². The zero-order valence-corrected chi connectivity index (χ0v) is 12.3. The normalized spacial score (nSPS) is 29.6. The second-order valence-electron chi connectivity index (χ2n) is 6.38. The third-order valence-electron chi connectivity index (χ3n) is 4.87. The van der Waals surface area contributed by atoms with Gasteiger partial charge < -0.3 is 20.0 Å². The van der Waals surface area contributed by atoms with E-state index in [0.717, 1.165) is 0 Å². The van der Waals surface area contributed by atoms with Crippen LogP contribution in [-0.2, 0) is 4.79 Å². The molecular weight excluding hydrogens is 260 g/mol. The number of nitrogens with zero attached hydrogens (tertiary/aromatic N) is 2. The molecule has 2 fully saturated rings. The van der Waals surface area contributed by atoms with Gasteiger partial charge in [-0.3, -0.25) is 4.79 Å². The van der Waals surface area contributed by atoms with Crippen molar-refractivity contribution in [2.75, 3.05) is 26.2 Å². The molecule has 2 N–H and O–H groups in total. The smallest absolute Gasteiger partial charge is 0.320 e. The van der Waals surface area contributed by atoms with Gasteiger partial charge in [-0.25, -0.2) is 4.79 Å². The number of carboxylic acid groups (broad SMARTS) is 1. The Hall–Kier alpha value is -1.30. The fraction of sp³-hybridized carbons (Fsp3) is 0.857. The Morgan fingerprint density at radius 3 is 2.10 bits per heavy atom. The molecule has 2 amide bonds. The first-order valence-corrected chi connectivity index (χ1v) is 7.29. The Kier molecular flexibility index (Phi) is 3.95. The van der Waals surface area contributed by atoms with E-state index in [-0.39, 0.29) is 6.03 Å². The maximum Gasteiger partial charge on any atom is 0.320 e. The zero-order valence-electron chi connectivity index (χ0n) is 12.3. The number of likely N-dealkylation sites (tertiary alicyclic amines) is 2.